The van der Waals surface area contributed by atoms with Crippen molar-refractivity contribution in [2.24, 2.45) is 0 Å². The SMILES string of the molecule is C=CCOc1ccc(C2OCCO2)cc1Cl. The summed E-state index contributed by atoms with van der Waals surface area (Å²) in [7, 11) is 0. The third kappa shape index (κ3) is 2.55. The van der Waals surface area contributed by atoms with Crippen LogP contribution < -0.4 is 4.74 Å². The van der Waals surface area contributed by atoms with Gasteiger partial charge in [-0.25, -0.2) is 0 Å². The first-order valence-corrected chi connectivity index (χ1v) is 5.45. The Hall–Kier alpha value is -1.03. The highest BCUT2D eigenvalue weighted by molar-refractivity contribution is 6.32. The number of benzene rings is 1. The van der Waals surface area contributed by atoms with Crippen LogP contribution in [-0.4, -0.2) is 19.8 Å². The summed E-state index contributed by atoms with van der Waals surface area (Å²) in [6.07, 6.45) is 1.37. The van der Waals surface area contributed by atoms with Crippen molar-refractivity contribution in [2.75, 3.05) is 19.8 Å². The monoisotopic (exact) mass is 240 g/mol. The zero-order valence-corrected chi connectivity index (χ0v) is 9.57. The maximum absolute atomic E-state index is 6.07. The molecule has 1 fully saturated rings. The van der Waals surface area contributed by atoms with E-state index in [1.165, 1.54) is 0 Å². The van der Waals surface area contributed by atoms with Crippen LogP contribution in [0.15, 0.2) is 30.9 Å². The average molecular weight is 241 g/mol. The summed E-state index contributed by atoms with van der Waals surface area (Å²) in [5.41, 5.74) is 0.911. The van der Waals surface area contributed by atoms with Crippen molar-refractivity contribution in [3.05, 3.63) is 41.4 Å². The summed E-state index contributed by atoms with van der Waals surface area (Å²) in [4.78, 5) is 0. The second-order valence-corrected chi connectivity index (χ2v) is 3.77. The van der Waals surface area contributed by atoms with Gasteiger partial charge in [-0.3, -0.25) is 0 Å². The van der Waals surface area contributed by atoms with Gasteiger partial charge in [0.2, 0.25) is 0 Å². The molecule has 0 N–H and O–H groups in total. The standard InChI is InChI=1S/C12H13ClO3/c1-2-5-14-11-4-3-9(8-10(11)13)12-15-6-7-16-12/h2-4,8,12H,1,5-7H2. The molecule has 0 saturated carbocycles. The van der Waals surface area contributed by atoms with Crippen molar-refractivity contribution >= 4 is 11.6 Å². The molecule has 0 aliphatic carbocycles. The average Bonchev–Trinajstić information content (AvgIpc) is 2.81. The van der Waals surface area contributed by atoms with Crippen LogP contribution in [0, 0.1) is 0 Å². The van der Waals surface area contributed by atoms with E-state index in [9.17, 15) is 0 Å². The van der Waals surface area contributed by atoms with E-state index in [1.54, 1.807) is 12.1 Å². The van der Waals surface area contributed by atoms with Crippen molar-refractivity contribution in [3.8, 4) is 5.75 Å². The number of ether oxygens (including phenoxy) is 3. The first kappa shape index (κ1) is 11.5. The number of rotatable bonds is 4. The lowest BCUT2D eigenvalue weighted by Gasteiger charge is -2.11. The lowest BCUT2D eigenvalue weighted by Crippen LogP contribution is -1.99. The molecule has 1 aromatic rings. The summed E-state index contributed by atoms with van der Waals surface area (Å²) in [6.45, 7) is 5.26. The van der Waals surface area contributed by atoms with E-state index in [4.69, 9.17) is 25.8 Å². The number of hydrogen-bond acceptors (Lipinski definition) is 3. The minimum absolute atomic E-state index is 0.300. The Bertz CT molecular complexity index is 373. The molecule has 16 heavy (non-hydrogen) atoms. The molecule has 0 unspecified atom stereocenters. The van der Waals surface area contributed by atoms with E-state index in [1.807, 2.05) is 12.1 Å². The molecule has 1 heterocycles. The quantitative estimate of drug-likeness (QED) is 0.758. The van der Waals surface area contributed by atoms with Crippen molar-refractivity contribution in [2.45, 2.75) is 6.29 Å². The molecule has 3 nitrogen and oxygen atoms in total. The second kappa shape index (κ2) is 5.34. The van der Waals surface area contributed by atoms with E-state index < -0.39 is 0 Å². The highest BCUT2D eigenvalue weighted by Crippen LogP contribution is 2.31. The van der Waals surface area contributed by atoms with E-state index >= 15 is 0 Å². The fourth-order valence-electron chi connectivity index (χ4n) is 1.48. The van der Waals surface area contributed by atoms with Crippen LogP contribution in [0.4, 0.5) is 0 Å². The van der Waals surface area contributed by atoms with Crippen LogP contribution >= 0.6 is 11.6 Å². The number of halogens is 1. The molecule has 0 atom stereocenters. The van der Waals surface area contributed by atoms with Crippen LogP contribution in [0.25, 0.3) is 0 Å². The summed E-state index contributed by atoms with van der Waals surface area (Å²) in [5.74, 6) is 0.642. The molecule has 0 bridgehead atoms. The molecule has 1 saturated heterocycles. The zero-order chi connectivity index (χ0) is 11.4. The molecule has 2 rings (SSSR count). The Kier molecular flexibility index (Phi) is 3.83. The molecule has 0 spiro atoms. The van der Waals surface area contributed by atoms with Gasteiger partial charge in [0, 0.05) is 5.56 Å². The smallest absolute Gasteiger partial charge is 0.184 e. The lowest BCUT2D eigenvalue weighted by atomic mass is 10.2. The van der Waals surface area contributed by atoms with E-state index in [0.717, 1.165) is 5.56 Å². The normalized spacial score (nSPS) is 16.3. The summed E-state index contributed by atoms with van der Waals surface area (Å²) in [6, 6.07) is 5.50. The summed E-state index contributed by atoms with van der Waals surface area (Å²) in [5, 5.41) is 0.554. The molecular formula is C12H13ClO3. The highest BCUT2D eigenvalue weighted by atomic mass is 35.5. The van der Waals surface area contributed by atoms with Gasteiger partial charge in [-0.1, -0.05) is 30.3 Å². The maximum Gasteiger partial charge on any atom is 0.184 e. The Morgan fingerprint density at radius 2 is 2.19 bits per heavy atom. The molecule has 0 amide bonds. The first-order chi connectivity index (χ1) is 7.81. The Labute approximate surface area is 99.6 Å². The Morgan fingerprint density at radius 3 is 2.81 bits per heavy atom. The second-order valence-electron chi connectivity index (χ2n) is 3.36. The van der Waals surface area contributed by atoms with Gasteiger partial charge in [0.25, 0.3) is 0 Å². The van der Waals surface area contributed by atoms with Crippen molar-refractivity contribution in [3.63, 3.8) is 0 Å². The van der Waals surface area contributed by atoms with E-state index in [2.05, 4.69) is 6.58 Å². The van der Waals surface area contributed by atoms with Gasteiger partial charge >= 0.3 is 0 Å². The molecular weight excluding hydrogens is 228 g/mol. The van der Waals surface area contributed by atoms with E-state index in [0.29, 0.717) is 30.6 Å². The fraction of sp³-hybridized carbons (Fsp3) is 0.333. The van der Waals surface area contributed by atoms with Gasteiger partial charge in [-0.05, 0) is 12.1 Å². The Morgan fingerprint density at radius 1 is 1.44 bits per heavy atom. The largest absolute Gasteiger partial charge is 0.488 e. The van der Waals surface area contributed by atoms with Crippen molar-refractivity contribution in [1.82, 2.24) is 0 Å². The summed E-state index contributed by atoms with van der Waals surface area (Å²) >= 11 is 6.07. The van der Waals surface area contributed by atoms with Gasteiger partial charge in [0.1, 0.15) is 12.4 Å². The van der Waals surface area contributed by atoms with Gasteiger partial charge in [-0.2, -0.15) is 0 Å². The van der Waals surface area contributed by atoms with Crippen LogP contribution in [0.2, 0.25) is 5.02 Å². The van der Waals surface area contributed by atoms with Gasteiger partial charge in [-0.15, -0.1) is 0 Å². The minimum Gasteiger partial charge on any atom is -0.488 e. The van der Waals surface area contributed by atoms with Gasteiger partial charge in [0.15, 0.2) is 6.29 Å². The third-order valence-corrected chi connectivity index (χ3v) is 2.50. The van der Waals surface area contributed by atoms with E-state index in [-0.39, 0.29) is 6.29 Å². The first-order valence-electron chi connectivity index (χ1n) is 5.07. The number of hydrogen-bond donors (Lipinski definition) is 0. The maximum atomic E-state index is 6.07. The topological polar surface area (TPSA) is 27.7 Å². The van der Waals surface area contributed by atoms with Crippen molar-refractivity contribution in [1.29, 1.82) is 0 Å². The van der Waals surface area contributed by atoms with Gasteiger partial charge in [0.05, 0.1) is 18.2 Å². The molecule has 1 aromatic carbocycles. The van der Waals surface area contributed by atoms with Gasteiger partial charge < -0.3 is 14.2 Å². The molecule has 0 aromatic heterocycles. The summed E-state index contributed by atoms with van der Waals surface area (Å²) < 4.78 is 16.1. The molecule has 1 aliphatic rings. The van der Waals surface area contributed by atoms with Crippen molar-refractivity contribution < 1.29 is 14.2 Å². The predicted octanol–water partition coefficient (Wildman–Crippen LogP) is 2.95. The van der Waals surface area contributed by atoms with Crippen LogP contribution in [0.1, 0.15) is 11.9 Å². The zero-order valence-electron chi connectivity index (χ0n) is 8.82. The van der Waals surface area contributed by atoms with Crippen LogP contribution in [0.5, 0.6) is 5.75 Å². The van der Waals surface area contributed by atoms with Crippen LogP contribution in [0.3, 0.4) is 0 Å². The molecule has 1 aliphatic heterocycles. The van der Waals surface area contributed by atoms with Crippen LogP contribution in [-0.2, 0) is 9.47 Å². The predicted molar refractivity (Wildman–Crippen MR) is 61.8 cm³/mol. The fourth-order valence-corrected chi connectivity index (χ4v) is 1.72. The molecule has 86 valence electrons. The minimum atomic E-state index is -0.300. The Balaban J connectivity index is 2.11. The molecule has 0 radical (unpaired) electrons. The highest BCUT2D eigenvalue weighted by Gasteiger charge is 2.19. The third-order valence-electron chi connectivity index (χ3n) is 2.21. The lowest BCUT2D eigenvalue weighted by molar-refractivity contribution is -0.0441. The molecule has 4 heteroatoms.